The summed E-state index contributed by atoms with van der Waals surface area (Å²) in [6, 6.07) is 10.0. The molecule has 2 rings (SSSR count). The average molecular weight is 460 g/mol. The van der Waals surface area contributed by atoms with E-state index in [9.17, 15) is 12.8 Å². The van der Waals surface area contributed by atoms with Crippen LogP contribution in [0.4, 0.5) is 10.1 Å². The Balaban J connectivity index is 1.92. The first-order valence-corrected chi connectivity index (χ1v) is 11.3. The van der Waals surface area contributed by atoms with Crippen LogP contribution in [0.3, 0.4) is 0 Å². The molecule has 0 heterocycles. The van der Waals surface area contributed by atoms with E-state index in [0.29, 0.717) is 6.54 Å². The van der Waals surface area contributed by atoms with Gasteiger partial charge in [0.15, 0.2) is 11.6 Å². The normalized spacial score (nSPS) is 12.7. The van der Waals surface area contributed by atoms with Crippen molar-refractivity contribution < 1.29 is 22.4 Å². The number of hydrogen-bond donors (Lipinski definition) is 2. The SMILES string of the molecule is CON(C)CCCNc1ccc(S(=O)(=O)NC(C)COc2ccccc2F)c(Cl)c1. The van der Waals surface area contributed by atoms with E-state index in [2.05, 4.69) is 10.0 Å². The Hall–Kier alpha value is -1.91. The fourth-order valence-electron chi connectivity index (χ4n) is 2.59. The fourth-order valence-corrected chi connectivity index (χ4v) is 4.37. The summed E-state index contributed by atoms with van der Waals surface area (Å²) in [6.07, 6.45) is 0.836. The number of nitrogens with one attached hydrogen (secondary N) is 2. The van der Waals surface area contributed by atoms with Crippen molar-refractivity contribution in [2.45, 2.75) is 24.3 Å². The molecule has 2 aromatic rings. The topological polar surface area (TPSA) is 79.9 Å². The van der Waals surface area contributed by atoms with E-state index in [0.717, 1.165) is 18.7 Å². The van der Waals surface area contributed by atoms with Gasteiger partial charge in [0.2, 0.25) is 10.0 Å². The lowest BCUT2D eigenvalue weighted by Crippen LogP contribution is -2.37. The molecule has 0 amide bonds. The molecule has 2 N–H and O–H groups in total. The van der Waals surface area contributed by atoms with E-state index >= 15 is 0 Å². The lowest BCUT2D eigenvalue weighted by atomic mass is 10.3. The molecule has 0 fully saturated rings. The third-order valence-corrected chi connectivity index (χ3v) is 6.27. The second-order valence-electron chi connectivity index (χ2n) is 6.72. The molecular weight excluding hydrogens is 433 g/mol. The lowest BCUT2D eigenvalue weighted by molar-refractivity contribution is -0.108. The van der Waals surface area contributed by atoms with Gasteiger partial charge < -0.3 is 14.9 Å². The van der Waals surface area contributed by atoms with Gasteiger partial charge in [-0.3, -0.25) is 0 Å². The van der Waals surface area contributed by atoms with Crippen molar-refractivity contribution in [1.29, 1.82) is 0 Å². The largest absolute Gasteiger partial charge is 0.489 e. The summed E-state index contributed by atoms with van der Waals surface area (Å²) in [7, 11) is -0.424. The van der Waals surface area contributed by atoms with Crippen LogP contribution in [-0.2, 0) is 14.9 Å². The first-order chi connectivity index (χ1) is 14.2. The Bertz CT molecular complexity index is 930. The Morgan fingerprint density at radius 1 is 1.23 bits per heavy atom. The van der Waals surface area contributed by atoms with Crippen LogP contribution in [0.2, 0.25) is 5.02 Å². The zero-order valence-electron chi connectivity index (χ0n) is 17.2. The minimum Gasteiger partial charge on any atom is -0.489 e. The molecule has 0 radical (unpaired) electrons. The van der Waals surface area contributed by atoms with E-state index in [-0.39, 0.29) is 22.3 Å². The van der Waals surface area contributed by atoms with Crippen LogP contribution in [0.25, 0.3) is 0 Å². The summed E-state index contributed by atoms with van der Waals surface area (Å²) in [5.74, 6) is -0.443. The molecule has 0 aliphatic rings. The molecule has 7 nitrogen and oxygen atoms in total. The molecule has 30 heavy (non-hydrogen) atoms. The smallest absolute Gasteiger partial charge is 0.242 e. The maximum absolute atomic E-state index is 13.6. The number of halogens is 2. The summed E-state index contributed by atoms with van der Waals surface area (Å²) >= 11 is 6.21. The van der Waals surface area contributed by atoms with Crippen molar-refractivity contribution >= 4 is 27.3 Å². The predicted molar refractivity (Wildman–Crippen MR) is 116 cm³/mol. The highest BCUT2D eigenvalue weighted by Crippen LogP contribution is 2.25. The minimum absolute atomic E-state index is 0.0344. The van der Waals surface area contributed by atoms with Crippen LogP contribution in [0.5, 0.6) is 5.75 Å². The van der Waals surface area contributed by atoms with Crippen molar-refractivity contribution in [3.05, 3.63) is 53.3 Å². The molecule has 0 saturated heterocycles. The zero-order chi connectivity index (χ0) is 22.1. The number of anilines is 1. The van der Waals surface area contributed by atoms with Crippen LogP contribution < -0.4 is 14.8 Å². The van der Waals surface area contributed by atoms with Gasteiger partial charge >= 0.3 is 0 Å². The summed E-state index contributed by atoms with van der Waals surface area (Å²) in [5.41, 5.74) is 0.718. The molecule has 0 aliphatic heterocycles. The number of hydroxylamine groups is 2. The third-order valence-electron chi connectivity index (χ3n) is 4.19. The highest BCUT2D eigenvalue weighted by atomic mass is 35.5. The molecule has 2 aromatic carbocycles. The van der Waals surface area contributed by atoms with Gasteiger partial charge in [0.25, 0.3) is 0 Å². The zero-order valence-corrected chi connectivity index (χ0v) is 18.8. The standard InChI is InChI=1S/C20H27ClFN3O4S/c1-15(14-29-19-8-5-4-7-18(19)22)24-30(26,27)20-10-9-16(13-17(20)21)23-11-6-12-25(2)28-3/h4-5,7-10,13,15,23-24H,6,11-12,14H2,1-3H3. The van der Waals surface area contributed by atoms with Gasteiger partial charge in [-0.2, -0.15) is 5.06 Å². The Morgan fingerprint density at radius 3 is 2.63 bits per heavy atom. The second-order valence-corrected chi connectivity index (χ2v) is 8.81. The summed E-state index contributed by atoms with van der Waals surface area (Å²) < 4.78 is 46.8. The molecule has 10 heteroatoms. The first kappa shape index (κ1) is 24.4. The van der Waals surface area contributed by atoms with Gasteiger partial charge in [-0.25, -0.2) is 17.5 Å². The number of hydrogen-bond acceptors (Lipinski definition) is 6. The number of sulfonamides is 1. The molecule has 0 bridgehead atoms. The van der Waals surface area contributed by atoms with Crippen molar-refractivity contribution in [3.8, 4) is 5.75 Å². The molecule has 1 unspecified atom stereocenters. The maximum atomic E-state index is 13.6. The second kappa shape index (κ2) is 11.5. The Labute approximate surface area is 182 Å². The first-order valence-electron chi connectivity index (χ1n) is 9.41. The van der Waals surface area contributed by atoms with Crippen molar-refractivity contribution in [2.75, 3.05) is 39.2 Å². The minimum atomic E-state index is -3.87. The van der Waals surface area contributed by atoms with Gasteiger partial charge in [-0.1, -0.05) is 23.7 Å². The van der Waals surface area contributed by atoms with E-state index in [1.54, 1.807) is 43.4 Å². The van der Waals surface area contributed by atoms with Gasteiger partial charge in [-0.05, 0) is 43.7 Å². The van der Waals surface area contributed by atoms with Crippen molar-refractivity contribution in [1.82, 2.24) is 9.79 Å². The summed E-state index contributed by atoms with van der Waals surface area (Å²) in [5, 5.41) is 5.01. The van der Waals surface area contributed by atoms with Crippen LogP contribution >= 0.6 is 11.6 Å². The summed E-state index contributed by atoms with van der Waals surface area (Å²) in [4.78, 5) is 5.00. The highest BCUT2D eigenvalue weighted by molar-refractivity contribution is 7.89. The van der Waals surface area contributed by atoms with Crippen LogP contribution in [0.15, 0.2) is 47.4 Å². The van der Waals surface area contributed by atoms with E-state index in [1.165, 1.54) is 18.2 Å². The fraction of sp³-hybridized carbons (Fsp3) is 0.400. The van der Waals surface area contributed by atoms with Crippen LogP contribution in [0, 0.1) is 5.82 Å². The molecule has 0 spiro atoms. The van der Waals surface area contributed by atoms with Gasteiger partial charge in [-0.15, -0.1) is 0 Å². The Morgan fingerprint density at radius 2 is 1.97 bits per heavy atom. The van der Waals surface area contributed by atoms with Crippen LogP contribution in [0.1, 0.15) is 13.3 Å². The maximum Gasteiger partial charge on any atom is 0.242 e. The number of benzene rings is 2. The third kappa shape index (κ3) is 7.41. The lowest BCUT2D eigenvalue weighted by Gasteiger charge is -2.17. The number of para-hydroxylation sites is 1. The number of rotatable bonds is 12. The number of nitrogens with zero attached hydrogens (tertiary/aromatic N) is 1. The Kier molecular flexibility index (Phi) is 9.32. The van der Waals surface area contributed by atoms with Crippen molar-refractivity contribution in [3.63, 3.8) is 0 Å². The summed E-state index contributed by atoms with van der Waals surface area (Å²) in [6.45, 7) is 3.02. The molecule has 0 aromatic heterocycles. The molecule has 0 aliphatic carbocycles. The molecule has 166 valence electrons. The van der Waals surface area contributed by atoms with Crippen molar-refractivity contribution in [2.24, 2.45) is 0 Å². The molecular formula is C20H27ClFN3O4S. The number of ether oxygens (including phenoxy) is 1. The molecule has 1 atom stereocenters. The van der Waals surface area contributed by atoms with Gasteiger partial charge in [0.05, 0.1) is 18.2 Å². The monoisotopic (exact) mass is 459 g/mol. The van der Waals surface area contributed by atoms with Gasteiger partial charge in [0.1, 0.15) is 11.5 Å². The van der Waals surface area contributed by atoms with Crippen LogP contribution in [-0.4, -0.2) is 53.4 Å². The average Bonchev–Trinajstić information content (AvgIpc) is 2.70. The van der Waals surface area contributed by atoms with E-state index in [4.69, 9.17) is 21.2 Å². The van der Waals surface area contributed by atoms with E-state index in [1.807, 2.05) is 7.05 Å². The quantitative estimate of drug-likeness (QED) is 0.373. The predicted octanol–water partition coefficient (Wildman–Crippen LogP) is 3.52. The van der Waals surface area contributed by atoms with E-state index < -0.39 is 21.9 Å². The highest BCUT2D eigenvalue weighted by Gasteiger charge is 2.21. The van der Waals surface area contributed by atoms with Gasteiger partial charge in [0, 0.05) is 25.8 Å². The molecule has 0 saturated carbocycles.